The van der Waals surface area contributed by atoms with E-state index in [1.165, 1.54) is 12.8 Å². The van der Waals surface area contributed by atoms with E-state index in [9.17, 15) is 8.42 Å². The van der Waals surface area contributed by atoms with Crippen LogP contribution >= 0.6 is 0 Å². The minimum absolute atomic E-state index is 0.262. The van der Waals surface area contributed by atoms with Crippen molar-refractivity contribution < 1.29 is 8.42 Å². The van der Waals surface area contributed by atoms with Crippen LogP contribution < -0.4 is 5.32 Å². The monoisotopic (exact) mass is 276 g/mol. The molecule has 0 amide bonds. The van der Waals surface area contributed by atoms with Gasteiger partial charge in [0.2, 0.25) is 10.0 Å². The van der Waals surface area contributed by atoms with Crippen molar-refractivity contribution >= 4 is 10.0 Å². The van der Waals surface area contributed by atoms with Crippen LogP contribution in [0.25, 0.3) is 0 Å². The summed E-state index contributed by atoms with van der Waals surface area (Å²) in [6, 6.07) is 0.683. The fourth-order valence-corrected chi connectivity index (χ4v) is 4.44. The van der Waals surface area contributed by atoms with Crippen LogP contribution in [0.4, 0.5) is 0 Å². The van der Waals surface area contributed by atoms with Crippen LogP contribution in [0.5, 0.6) is 0 Å². The van der Waals surface area contributed by atoms with Crippen molar-refractivity contribution in [1.29, 1.82) is 0 Å². The standard InChI is InChI=1S/C13H28N2O2S/c1-4-15(13-8-5-6-9-13)18(16,17)11-7-10-14-12(2)3/h12-14H,4-11H2,1-3H3. The van der Waals surface area contributed by atoms with Gasteiger partial charge in [0, 0.05) is 18.6 Å². The van der Waals surface area contributed by atoms with Crippen LogP contribution in [0.2, 0.25) is 0 Å². The predicted octanol–water partition coefficient (Wildman–Crippen LogP) is 1.97. The Morgan fingerprint density at radius 2 is 1.89 bits per heavy atom. The Labute approximate surface area is 112 Å². The number of sulfonamides is 1. The molecule has 0 saturated heterocycles. The highest BCUT2D eigenvalue weighted by molar-refractivity contribution is 7.89. The van der Waals surface area contributed by atoms with Gasteiger partial charge in [-0.2, -0.15) is 4.31 Å². The first-order valence-electron chi connectivity index (χ1n) is 7.20. The maximum absolute atomic E-state index is 12.3. The predicted molar refractivity (Wildman–Crippen MR) is 76.2 cm³/mol. The first-order chi connectivity index (χ1) is 8.47. The number of nitrogens with one attached hydrogen (secondary N) is 1. The van der Waals surface area contributed by atoms with Gasteiger partial charge in [-0.1, -0.05) is 33.6 Å². The van der Waals surface area contributed by atoms with Crippen molar-refractivity contribution in [3.05, 3.63) is 0 Å². The van der Waals surface area contributed by atoms with Gasteiger partial charge in [0.15, 0.2) is 0 Å². The second-order valence-electron chi connectivity index (χ2n) is 5.42. The van der Waals surface area contributed by atoms with E-state index in [2.05, 4.69) is 19.2 Å². The largest absolute Gasteiger partial charge is 0.314 e. The van der Waals surface area contributed by atoms with Crippen molar-refractivity contribution in [1.82, 2.24) is 9.62 Å². The van der Waals surface area contributed by atoms with Crippen LogP contribution in [0, 0.1) is 0 Å². The first kappa shape index (κ1) is 15.9. The van der Waals surface area contributed by atoms with E-state index >= 15 is 0 Å². The van der Waals surface area contributed by atoms with Gasteiger partial charge < -0.3 is 5.32 Å². The summed E-state index contributed by atoms with van der Waals surface area (Å²) in [5, 5.41) is 3.26. The molecular weight excluding hydrogens is 248 g/mol. The van der Waals surface area contributed by atoms with E-state index in [0.717, 1.165) is 19.4 Å². The van der Waals surface area contributed by atoms with Crippen LogP contribution in [0.15, 0.2) is 0 Å². The minimum Gasteiger partial charge on any atom is -0.314 e. The molecule has 5 heteroatoms. The first-order valence-corrected chi connectivity index (χ1v) is 8.81. The Morgan fingerprint density at radius 1 is 1.28 bits per heavy atom. The lowest BCUT2D eigenvalue weighted by molar-refractivity contribution is 0.335. The van der Waals surface area contributed by atoms with Crippen molar-refractivity contribution in [2.24, 2.45) is 0 Å². The SMILES string of the molecule is CCN(C1CCCC1)S(=O)(=O)CCCNC(C)C. The summed E-state index contributed by atoms with van der Waals surface area (Å²) in [5.74, 6) is 0.275. The summed E-state index contributed by atoms with van der Waals surface area (Å²) < 4.78 is 26.3. The van der Waals surface area contributed by atoms with E-state index in [0.29, 0.717) is 19.0 Å². The molecule has 1 rings (SSSR count). The Morgan fingerprint density at radius 3 is 2.39 bits per heavy atom. The van der Waals surface area contributed by atoms with Gasteiger partial charge >= 0.3 is 0 Å². The molecule has 108 valence electrons. The summed E-state index contributed by atoms with van der Waals surface area (Å²) in [4.78, 5) is 0. The molecule has 18 heavy (non-hydrogen) atoms. The molecule has 0 aromatic carbocycles. The summed E-state index contributed by atoms with van der Waals surface area (Å²) >= 11 is 0. The van der Waals surface area contributed by atoms with Crippen LogP contribution in [0.3, 0.4) is 0 Å². The van der Waals surface area contributed by atoms with Crippen molar-refractivity contribution in [3.63, 3.8) is 0 Å². The van der Waals surface area contributed by atoms with Gasteiger partial charge in [-0.25, -0.2) is 8.42 Å². The highest BCUT2D eigenvalue weighted by Crippen LogP contribution is 2.25. The van der Waals surface area contributed by atoms with E-state index in [4.69, 9.17) is 0 Å². The second kappa shape index (κ2) is 7.46. The molecule has 0 aliphatic heterocycles. The lowest BCUT2D eigenvalue weighted by atomic mass is 10.2. The zero-order valence-corrected chi connectivity index (χ0v) is 12.8. The van der Waals surface area contributed by atoms with Gasteiger partial charge in [-0.3, -0.25) is 0 Å². The zero-order chi connectivity index (χ0) is 13.6. The maximum Gasteiger partial charge on any atom is 0.214 e. The smallest absolute Gasteiger partial charge is 0.214 e. The van der Waals surface area contributed by atoms with Crippen molar-refractivity contribution in [2.45, 2.75) is 65.0 Å². The fourth-order valence-electron chi connectivity index (χ4n) is 2.64. The average Bonchev–Trinajstić information content (AvgIpc) is 2.78. The second-order valence-corrected chi connectivity index (χ2v) is 7.46. The quantitative estimate of drug-likeness (QED) is 0.690. The van der Waals surface area contributed by atoms with E-state index in [1.807, 2.05) is 6.92 Å². The van der Waals surface area contributed by atoms with Gasteiger partial charge in [-0.15, -0.1) is 0 Å². The Hall–Kier alpha value is -0.130. The van der Waals surface area contributed by atoms with Crippen molar-refractivity contribution in [3.8, 4) is 0 Å². The Kier molecular flexibility index (Phi) is 6.60. The third-order valence-corrected chi connectivity index (χ3v) is 5.61. The molecule has 1 fully saturated rings. The van der Waals surface area contributed by atoms with Crippen LogP contribution in [-0.4, -0.2) is 43.6 Å². The maximum atomic E-state index is 12.3. The van der Waals surface area contributed by atoms with Crippen LogP contribution in [0.1, 0.15) is 52.9 Å². The number of rotatable bonds is 8. The summed E-state index contributed by atoms with van der Waals surface area (Å²) in [6.07, 6.45) is 5.12. The molecule has 4 nitrogen and oxygen atoms in total. The third-order valence-electron chi connectivity index (χ3n) is 3.53. The van der Waals surface area contributed by atoms with E-state index in [1.54, 1.807) is 4.31 Å². The molecule has 1 N–H and O–H groups in total. The van der Waals surface area contributed by atoms with Gasteiger partial charge in [-0.05, 0) is 25.8 Å². The average molecular weight is 276 g/mol. The summed E-state index contributed by atoms with van der Waals surface area (Å²) in [7, 11) is -3.06. The van der Waals surface area contributed by atoms with E-state index in [-0.39, 0.29) is 11.8 Å². The molecule has 1 aliphatic rings. The molecule has 0 unspecified atom stereocenters. The topological polar surface area (TPSA) is 49.4 Å². The molecule has 0 radical (unpaired) electrons. The number of hydrogen-bond acceptors (Lipinski definition) is 3. The molecule has 0 bridgehead atoms. The van der Waals surface area contributed by atoms with Gasteiger partial charge in [0.25, 0.3) is 0 Å². The summed E-state index contributed by atoms with van der Waals surface area (Å²) in [5.41, 5.74) is 0. The normalized spacial score (nSPS) is 18.1. The minimum atomic E-state index is -3.06. The number of hydrogen-bond donors (Lipinski definition) is 1. The Bertz CT molecular complexity index is 322. The lowest BCUT2D eigenvalue weighted by Crippen LogP contribution is -2.40. The van der Waals surface area contributed by atoms with Gasteiger partial charge in [0.1, 0.15) is 0 Å². The molecule has 0 aromatic rings. The molecule has 1 aliphatic carbocycles. The zero-order valence-electron chi connectivity index (χ0n) is 12.0. The molecule has 1 saturated carbocycles. The molecule has 0 heterocycles. The molecular formula is C13H28N2O2S. The van der Waals surface area contributed by atoms with Gasteiger partial charge in [0.05, 0.1) is 5.75 Å². The van der Waals surface area contributed by atoms with Crippen LogP contribution in [-0.2, 0) is 10.0 Å². The molecule has 0 aromatic heterocycles. The van der Waals surface area contributed by atoms with E-state index < -0.39 is 10.0 Å². The van der Waals surface area contributed by atoms with Crippen molar-refractivity contribution in [2.75, 3.05) is 18.8 Å². The highest BCUT2D eigenvalue weighted by Gasteiger charge is 2.30. The third kappa shape index (κ3) is 4.86. The fraction of sp³-hybridized carbons (Fsp3) is 1.00. The molecule has 0 atom stereocenters. The highest BCUT2D eigenvalue weighted by atomic mass is 32.2. The summed E-state index contributed by atoms with van der Waals surface area (Å²) in [6.45, 7) is 7.49. The lowest BCUT2D eigenvalue weighted by Gasteiger charge is -2.26. The number of nitrogens with zero attached hydrogens (tertiary/aromatic N) is 1. The Balaban J connectivity index is 2.44. The molecule has 0 spiro atoms.